The molecule has 1 amide bonds. The molecule has 6 heteroatoms. The molecule has 1 aromatic carbocycles. The van der Waals surface area contributed by atoms with Gasteiger partial charge in [0.15, 0.2) is 0 Å². The molecular weight excluding hydrogens is 347 g/mol. The molecular formula is C15H15BrF3NO. The third kappa shape index (κ3) is 2.70. The summed E-state index contributed by atoms with van der Waals surface area (Å²) in [5.74, 6) is -0.477. The highest BCUT2D eigenvalue weighted by Gasteiger charge is 2.44. The number of fused-ring (bicyclic) bond motifs is 2. The number of amides is 1. The van der Waals surface area contributed by atoms with Gasteiger partial charge in [-0.1, -0.05) is 28.1 Å². The van der Waals surface area contributed by atoms with Crippen molar-refractivity contribution in [3.63, 3.8) is 0 Å². The molecule has 114 valence electrons. The molecule has 2 bridgehead atoms. The minimum atomic E-state index is -4.50. The quantitative estimate of drug-likeness (QED) is 0.685. The first-order chi connectivity index (χ1) is 9.88. The van der Waals surface area contributed by atoms with Crippen LogP contribution < -0.4 is 0 Å². The highest BCUT2D eigenvalue weighted by Crippen LogP contribution is 2.40. The smallest absolute Gasteiger partial charge is 0.333 e. The van der Waals surface area contributed by atoms with Gasteiger partial charge in [0.1, 0.15) is 0 Å². The van der Waals surface area contributed by atoms with Crippen LogP contribution in [0.5, 0.6) is 0 Å². The minimum absolute atomic E-state index is 0.0573. The van der Waals surface area contributed by atoms with E-state index in [2.05, 4.69) is 15.9 Å². The van der Waals surface area contributed by atoms with Gasteiger partial charge >= 0.3 is 6.18 Å². The van der Waals surface area contributed by atoms with E-state index in [9.17, 15) is 18.0 Å². The fourth-order valence-corrected chi connectivity index (χ4v) is 4.36. The second-order valence-electron chi connectivity index (χ2n) is 5.71. The van der Waals surface area contributed by atoms with Gasteiger partial charge in [-0.15, -0.1) is 0 Å². The second-order valence-corrected chi connectivity index (χ2v) is 7.00. The van der Waals surface area contributed by atoms with Gasteiger partial charge in [0, 0.05) is 16.9 Å². The molecule has 2 saturated heterocycles. The SMILES string of the molecule is O=C(c1ccccc1C(F)(F)F)N1C2CCC1CC(Br)C2. The molecule has 1 aromatic rings. The summed E-state index contributed by atoms with van der Waals surface area (Å²) in [5, 5.41) is 0. The Morgan fingerprint density at radius 2 is 1.71 bits per heavy atom. The molecule has 2 nitrogen and oxygen atoms in total. The largest absolute Gasteiger partial charge is 0.417 e. The van der Waals surface area contributed by atoms with Crippen LogP contribution in [-0.2, 0) is 6.18 Å². The third-order valence-electron chi connectivity index (χ3n) is 4.37. The molecule has 2 aliphatic rings. The summed E-state index contributed by atoms with van der Waals surface area (Å²) >= 11 is 3.57. The van der Waals surface area contributed by atoms with E-state index in [-0.39, 0.29) is 17.6 Å². The second kappa shape index (κ2) is 5.30. The number of carbonyl (C=O) groups is 1. The van der Waals surface area contributed by atoms with E-state index in [0.717, 1.165) is 31.7 Å². The van der Waals surface area contributed by atoms with Gasteiger partial charge in [0.25, 0.3) is 5.91 Å². The predicted octanol–water partition coefficient (Wildman–Crippen LogP) is 4.24. The van der Waals surface area contributed by atoms with E-state index in [0.29, 0.717) is 4.83 Å². The molecule has 0 aromatic heterocycles. The number of hydrogen-bond donors (Lipinski definition) is 0. The summed E-state index contributed by atoms with van der Waals surface area (Å²) in [4.78, 5) is 14.7. The summed E-state index contributed by atoms with van der Waals surface area (Å²) in [6.45, 7) is 0. The van der Waals surface area contributed by atoms with Gasteiger partial charge in [-0.3, -0.25) is 4.79 Å². The topological polar surface area (TPSA) is 20.3 Å². The van der Waals surface area contributed by atoms with Gasteiger partial charge < -0.3 is 4.90 Å². The molecule has 2 unspecified atom stereocenters. The van der Waals surface area contributed by atoms with Crippen molar-refractivity contribution in [2.24, 2.45) is 0 Å². The lowest BCUT2D eigenvalue weighted by Gasteiger charge is -2.37. The van der Waals surface area contributed by atoms with Gasteiger partial charge in [-0.05, 0) is 37.8 Å². The lowest BCUT2D eigenvalue weighted by atomic mass is 9.99. The Morgan fingerprint density at radius 1 is 1.14 bits per heavy atom. The van der Waals surface area contributed by atoms with Crippen molar-refractivity contribution in [2.45, 2.75) is 48.8 Å². The maximum absolute atomic E-state index is 13.1. The van der Waals surface area contributed by atoms with E-state index in [1.165, 1.54) is 18.2 Å². The Hall–Kier alpha value is -1.04. The lowest BCUT2D eigenvalue weighted by molar-refractivity contribution is -0.138. The first kappa shape index (κ1) is 14.9. The molecule has 0 saturated carbocycles. The van der Waals surface area contributed by atoms with Gasteiger partial charge in [0.2, 0.25) is 0 Å². The fraction of sp³-hybridized carbons (Fsp3) is 0.533. The zero-order valence-corrected chi connectivity index (χ0v) is 12.8. The highest BCUT2D eigenvalue weighted by atomic mass is 79.9. The minimum Gasteiger partial charge on any atom is -0.333 e. The van der Waals surface area contributed by atoms with Crippen LogP contribution in [0.4, 0.5) is 13.2 Å². The molecule has 2 aliphatic heterocycles. The van der Waals surface area contributed by atoms with Crippen molar-refractivity contribution >= 4 is 21.8 Å². The van der Waals surface area contributed by atoms with Gasteiger partial charge in [-0.25, -0.2) is 0 Å². The Morgan fingerprint density at radius 3 is 2.29 bits per heavy atom. The highest BCUT2D eigenvalue weighted by molar-refractivity contribution is 9.09. The maximum Gasteiger partial charge on any atom is 0.417 e. The summed E-state index contributed by atoms with van der Waals surface area (Å²) in [5.41, 5.74) is -1.06. The van der Waals surface area contributed by atoms with Crippen LogP contribution in [0.3, 0.4) is 0 Å². The van der Waals surface area contributed by atoms with Crippen LogP contribution in [-0.4, -0.2) is 27.7 Å². The van der Waals surface area contributed by atoms with Crippen molar-refractivity contribution in [1.29, 1.82) is 0 Å². The molecule has 2 heterocycles. The number of piperidine rings is 1. The Bertz CT molecular complexity index is 546. The van der Waals surface area contributed by atoms with E-state index in [1.54, 1.807) is 4.90 Å². The number of nitrogens with zero attached hydrogens (tertiary/aromatic N) is 1. The fourth-order valence-electron chi connectivity index (χ4n) is 3.50. The molecule has 0 aliphatic carbocycles. The first-order valence-electron chi connectivity index (χ1n) is 7.01. The first-order valence-corrected chi connectivity index (χ1v) is 7.92. The average Bonchev–Trinajstić information content (AvgIpc) is 2.69. The molecule has 2 atom stereocenters. The zero-order chi connectivity index (χ0) is 15.2. The van der Waals surface area contributed by atoms with Crippen LogP contribution in [0.15, 0.2) is 24.3 Å². The maximum atomic E-state index is 13.1. The van der Waals surface area contributed by atoms with E-state index in [1.807, 2.05) is 0 Å². The van der Waals surface area contributed by atoms with Crippen molar-refractivity contribution < 1.29 is 18.0 Å². The molecule has 21 heavy (non-hydrogen) atoms. The van der Waals surface area contributed by atoms with Crippen LogP contribution in [0.25, 0.3) is 0 Å². The van der Waals surface area contributed by atoms with Crippen molar-refractivity contribution in [3.8, 4) is 0 Å². The van der Waals surface area contributed by atoms with Crippen LogP contribution >= 0.6 is 15.9 Å². The molecule has 3 rings (SSSR count). The predicted molar refractivity (Wildman–Crippen MR) is 76.4 cm³/mol. The van der Waals surface area contributed by atoms with Crippen LogP contribution in [0.2, 0.25) is 0 Å². The number of halogens is 4. The number of rotatable bonds is 1. The molecule has 0 N–H and O–H groups in total. The van der Waals surface area contributed by atoms with Gasteiger partial charge in [-0.2, -0.15) is 13.2 Å². The van der Waals surface area contributed by atoms with Crippen LogP contribution in [0, 0.1) is 0 Å². The van der Waals surface area contributed by atoms with E-state index in [4.69, 9.17) is 0 Å². The number of carbonyl (C=O) groups excluding carboxylic acids is 1. The monoisotopic (exact) mass is 361 g/mol. The number of alkyl halides is 4. The van der Waals surface area contributed by atoms with E-state index < -0.39 is 17.6 Å². The van der Waals surface area contributed by atoms with Crippen molar-refractivity contribution in [3.05, 3.63) is 35.4 Å². The Labute approximate surface area is 129 Å². The molecule has 0 spiro atoms. The summed E-state index contributed by atoms with van der Waals surface area (Å²) in [7, 11) is 0. The Balaban J connectivity index is 1.94. The normalized spacial score (nSPS) is 28.8. The van der Waals surface area contributed by atoms with Crippen molar-refractivity contribution in [2.75, 3.05) is 0 Å². The lowest BCUT2D eigenvalue weighted by Crippen LogP contribution is -2.47. The summed E-state index contributed by atoms with van der Waals surface area (Å²) < 4.78 is 39.2. The van der Waals surface area contributed by atoms with Crippen molar-refractivity contribution in [1.82, 2.24) is 4.90 Å². The van der Waals surface area contributed by atoms with Gasteiger partial charge in [0.05, 0.1) is 11.1 Å². The standard InChI is InChI=1S/C15H15BrF3NO/c16-9-7-10-5-6-11(8-9)20(10)14(21)12-3-1-2-4-13(12)15(17,18)19/h1-4,9-11H,5-8H2. The molecule has 2 fully saturated rings. The third-order valence-corrected chi connectivity index (χ3v) is 5.12. The molecule has 0 radical (unpaired) electrons. The average molecular weight is 362 g/mol. The number of benzene rings is 1. The zero-order valence-electron chi connectivity index (χ0n) is 11.2. The summed E-state index contributed by atoms with van der Waals surface area (Å²) in [6, 6.07) is 5.18. The number of hydrogen-bond acceptors (Lipinski definition) is 1. The van der Waals surface area contributed by atoms with E-state index >= 15 is 0 Å². The summed E-state index contributed by atoms with van der Waals surface area (Å²) in [6.07, 6.45) is -1.11. The van der Waals surface area contributed by atoms with Crippen LogP contribution in [0.1, 0.15) is 41.6 Å². The Kier molecular flexibility index (Phi) is 3.76.